The fraction of sp³-hybridized carbons (Fsp3) is 0.345. The second kappa shape index (κ2) is 10.6. The standard InChI is InChI=1S/C29H30FN7O5/c1-29-26(39)31-7-9-36(2)15-25(38)37-8-6-17-12-24(41-3)21(13-22(17)37)35-28-32-14-18(30)19(34-28)10-16-4-5-23(42-29)20(11-16)33-27(29)40/h4-5,11-14H,6-10,15H2,1-3H3,(H,31,39)(H,33,40)(H,32,34,35). The van der Waals surface area contributed by atoms with Gasteiger partial charge in [0.1, 0.15) is 11.5 Å². The Morgan fingerprint density at radius 1 is 1.07 bits per heavy atom. The maximum Gasteiger partial charge on any atom is 0.278 e. The van der Waals surface area contributed by atoms with Gasteiger partial charge < -0.3 is 30.3 Å². The molecule has 0 fully saturated rings. The molecule has 1 unspecified atom stereocenters. The van der Waals surface area contributed by atoms with Gasteiger partial charge >= 0.3 is 0 Å². The fourth-order valence-corrected chi connectivity index (χ4v) is 5.30. The number of carbonyl (C=O) groups excluding carboxylic acids is 3. The van der Waals surface area contributed by atoms with Crippen LogP contribution in [0.1, 0.15) is 23.7 Å². The van der Waals surface area contributed by atoms with Crippen LogP contribution >= 0.6 is 0 Å². The Hall–Kier alpha value is -4.78. The lowest BCUT2D eigenvalue weighted by Crippen LogP contribution is -2.59. The number of amides is 3. The van der Waals surface area contributed by atoms with Crippen LogP contribution in [0.3, 0.4) is 0 Å². The fourth-order valence-electron chi connectivity index (χ4n) is 5.30. The minimum atomic E-state index is -1.79. The van der Waals surface area contributed by atoms with Gasteiger partial charge in [0.15, 0.2) is 5.82 Å². The number of anilines is 4. The molecule has 6 heterocycles. The molecule has 0 radical (unpaired) electrons. The van der Waals surface area contributed by atoms with Crippen molar-refractivity contribution in [2.24, 2.45) is 0 Å². The SMILES string of the molecule is COc1cc2c3cc1Nc1ncc(F)c(n1)Cc1ccc4c(c1)NC(=O)C(C)(O4)C(=O)NCCN(C)CC(=O)N3CC2. The molecular formula is C29H30FN7O5. The summed E-state index contributed by atoms with van der Waals surface area (Å²) in [5.41, 5.74) is 1.58. The van der Waals surface area contributed by atoms with Crippen molar-refractivity contribution in [2.45, 2.75) is 25.4 Å². The molecule has 3 aromatic rings. The molecule has 3 amide bonds. The van der Waals surface area contributed by atoms with Crippen molar-refractivity contribution in [2.75, 3.05) is 55.9 Å². The van der Waals surface area contributed by atoms with Gasteiger partial charge in [0, 0.05) is 31.7 Å². The van der Waals surface area contributed by atoms with Crippen molar-refractivity contribution in [3.63, 3.8) is 0 Å². The number of aromatic nitrogens is 2. The molecule has 2 aromatic carbocycles. The van der Waals surface area contributed by atoms with Gasteiger partial charge in [-0.2, -0.15) is 0 Å². The monoisotopic (exact) mass is 575 g/mol. The van der Waals surface area contributed by atoms with Crippen molar-refractivity contribution in [3.8, 4) is 11.5 Å². The number of fused-ring (bicyclic) bond motifs is 2. The van der Waals surface area contributed by atoms with Crippen LogP contribution in [0.25, 0.3) is 0 Å². The topological polar surface area (TPSA) is 138 Å². The summed E-state index contributed by atoms with van der Waals surface area (Å²) in [5, 5.41) is 8.61. The molecule has 0 saturated heterocycles. The highest BCUT2D eigenvalue weighted by Gasteiger charge is 2.47. The summed E-state index contributed by atoms with van der Waals surface area (Å²) in [7, 11) is 3.33. The Morgan fingerprint density at radius 3 is 2.71 bits per heavy atom. The number of halogens is 1. The molecule has 8 bridgehead atoms. The summed E-state index contributed by atoms with van der Waals surface area (Å²) < 4.78 is 26.3. The Morgan fingerprint density at radius 2 is 1.90 bits per heavy atom. The normalized spacial score (nSPS) is 20.7. The van der Waals surface area contributed by atoms with Crippen LogP contribution in [0.4, 0.5) is 27.4 Å². The lowest BCUT2D eigenvalue weighted by atomic mass is 10.0. The summed E-state index contributed by atoms with van der Waals surface area (Å²) in [6, 6.07) is 8.70. The van der Waals surface area contributed by atoms with E-state index in [1.807, 2.05) is 12.1 Å². The lowest BCUT2D eigenvalue weighted by molar-refractivity contribution is -0.146. The van der Waals surface area contributed by atoms with Crippen LogP contribution in [0.5, 0.6) is 11.5 Å². The van der Waals surface area contributed by atoms with Crippen LogP contribution < -0.4 is 30.3 Å². The summed E-state index contributed by atoms with van der Waals surface area (Å²) in [5.74, 6) is -0.943. The molecule has 0 spiro atoms. The molecule has 5 aliphatic heterocycles. The quantitative estimate of drug-likeness (QED) is 0.372. The third kappa shape index (κ3) is 4.96. The van der Waals surface area contributed by atoms with Gasteiger partial charge in [0.05, 0.1) is 36.9 Å². The first-order chi connectivity index (χ1) is 20.1. The van der Waals surface area contributed by atoms with Crippen LogP contribution in [0, 0.1) is 5.82 Å². The number of methoxy groups -OCH3 is 1. The molecule has 13 heteroatoms. The number of benzene rings is 2. The van der Waals surface area contributed by atoms with E-state index < -0.39 is 23.2 Å². The summed E-state index contributed by atoms with van der Waals surface area (Å²) in [6.45, 7) is 2.59. The lowest BCUT2D eigenvalue weighted by Gasteiger charge is -2.33. The molecule has 42 heavy (non-hydrogen) atoms. The number of likely N-dealkylation sites (N-methyl/N-ethyl adjacent to an activating group) is 1. The summed E-state index contributed by atoms with van der Waals surface area (Å²) in [6.07, 6.45) is 1.85. The van der Waals surface area contributed by atoms with Gasteiger partial charge in [-0.05, 0) is 55.8 Å². The summed E-state index contributed by atoms with van der Waals surface area (Å²) >= 11 is 0. The van der Waals surface area contributed by atoms with Gasteiger partial charge in [0.25, 0.3) is 17.4 Å². The zero-order valence-corrected chi connectivity index (χ0v) is 23.4. The van der Waals surface area contributed by atoms with Gasteiger partial charge in [-0.25, -0.2) is 14.4 Å². The Balaban J connectivity index is 1.39. The second-order valence-corrected chi connectivity index (χ2v) is 10.7. The highest BCUT2D eigenvalue weighted by Crippen LogP contribution is 2.39. The highest BCUT2D eigenvalue weighted by atomic mass is 19.1. The number of hydrogen-bond acceptors (Lipinski definition) is 9. The van der Waals surface area contributed by atoms with E-state index >= 15 is 0 Å². The number of nitrogens with zero attached hydrogens (tertiary/aromatic N) is 4. The van der Waals surface area contributed by atoms with E-state index in [0.717, 1.165) is 17.4 Å². The number of rotatable bonds is 1. The van der Waals surface area contributed by atoms with Crippen LogP contribution in [0.2, 0.25) is 0 Å². The van der Waals surface area contributed by atoms with E-state index in [1.165, 1.54) is 6.92 Å². The first-order valence-corrected chi connectivity index (χ1v) is 13.5. The molecule has 3 N–H and O–H groups in total. The zero-order chi connectivity index (χ0) is 29.6. The smallest absolute Gasteiger partial charge is 0.278 e. The van der Waals surface area contributed by atoms with Crippen LogP contribution in [0.15, 0.2) is 36.5 Å². The van der Waals surface area contributed by atoms with Gasteiger partial charge in [-0.1, -0.05) is 6.07 Å². The van der Waals surface area contributed by atoms with Crippen molar-refractivity contribution < 1.29 is 28.2 Å². The minimum Gasteiger partial charge on any atom is -0.495 e. The predicted octanol–water partition coefficient (Wildman–Crippen LogP) is 2.00. The van der Waals surface area contributed by atoms with E-state index in [1.54, 1.807) is 42.2 Å². The average Bonchev–Trinajstić information content (AvgIpc) is 3.37. The third-order valence-electron chi connectivity index (χ3n) is 7.69. The van der Waals surface area contributed by atoms with Crippen molar-refractivity contribution in [3.05, 3.63) is 59.2 Å². The second-order valence-electron chi connectivity index (χ2n) is 10.7. The number of hydrogen-bond donors (Lipinski definition) is 3. The maximum absolute atomic E-state index is 14.8. The predicted molar refractivity (Wildman–Crippen MR) is 152 cm³/mol. The van der Waals surface area contributed by atoms with Crippen LogP contribution in [-0.2, 0) is 27.2 Å². The molecule has 1 atom stereocenters. The minimum absolute atomic E-state index is 0.0983. The molecule has 1 aromatic heterocycles. The molecule has 0 aliphatic carbocycles. The Kier molecular flexibility index (Phi) is 6.89. The Bertz CT molecular complexity index is 1620. The first-order valence-electron chi connectivity index (χ1n) is 13.5. The molecule has 0 saturated carbocycles. The van der Waals surface area contributed by atoms with E-state index in [0.29, 0.717) is 47.9 Å². The van der Waals surface area contributed by atoms with Crippen LogP contribution in [-0.4, -0.2) is 78.5 Å². The van der Waals surface area contributed by atoms with E-state index in [9.17, 15) is 18.8 Å². The summed E-state index contributed by atoms with van der Waals surface area (Å²) in [4.78, 5) is 51.4. The molecule has 12 nitrogen and oxygen atoms in total. The van der Waals surface area contributed by atoms with E-state index in [-0.39, 0.29) is 37.1 Å². The van der Waals surface area contributed by atoms with Crippen molar-refractivity contribution >= 4 is 40.7 Å². The maximum atomic E-state index is 14.8. The van der Waals surface area contributed by atoms with E-state index in [2.05, 4.69) is 25.9 Å². The van der Waals surface area contributed by atoms with Crippen molar-refractivity contribution in [1.29, 1.82) is 0 Å². The molecule has 218 valence electrons. The Labute approximate surface area is 241 Å². The van der Waals surface area contributed by atoms with Gasteiger partial charge in [-0.3, -0.25) is 19.3 Å². The third-order valence-corrected chi connectivity index (χ3v) is 7.69. The molecular weight excluding hydrogens is 545 g/mol. The number of carbonyl (C=O) groups is 3. The largest absolute Gasteiger partial charge is 0.495 e. The first kappa shape index (κ1) is 27.4. The molecule has 5 aliphatic rings. The zero-order valence-electron chi connectivity index (χ0n) is 23.4. The number of nitrogens with one attached hydrogen (secondary N) is 3. The molecule has 8 rings (SSSR count). The van der Waals surface area contributed by atoms with Gasteiger partial charge in [0.2, 0.25) is 11.9 Å². The number of ether oxygens (including phenoxy) is 2. The van der Waals surface area contributed by atoms with Gasteiger partial charge in [-0.15, -0.1) is 0 Å². The van der Waals surface area contributed by atoms with Crippen molar-refractivity contribution in [1.82, 2.24) is 20.2 Å². The highest BCUT2D eigenvalue weighted by molar-refractivity contribution is 6.15. The van der Waals surface area contributed by atoms with E-state index in [4.69, 9.17) is 9.47 Å². The average molecular weight is 576 g/mol.